The molecule has 690 valence electrons. The number of hydrogen-bond donors (Lipinski definition) is 12. The lowest BCUT2D eigenvalue weighted by molar-refractivity contribution is 0.0989. The number of methoxy groups -OCH3 is 5. The number of anilines is 4. The summed E-state index contributed by atoms with van der Waals surface area (Å²) in [6.45, 7) is 0. The number of benzene rings is 9. The van der Waals surface area contributed by atoms with E-state index in [0.717, 1.165) is 25.7 Å². The average Bonchev–Trinajstić information content (AvgIpc) is 1.79. The van der Waals surface area contributed by atoms with Crippen molar-refractivity contribution in [1.29, 1.82) is 0 Å². The lowest BCUT2D eigenvalue weighted by atomic mass is 10.1. The van der Waals surface area contributed by atoms with Crippen molar-refractivity contribution in [3.63, 3.8) is 0 Å². The number of nitrogens with zero attached hydrogens (tertiary/aromatic N) is 5. The number of carbonyl (C=O) groups is 7. The van der Waals surface area contributed by atoms with Gasteiger partial charge in [0.2, 0.25) is 0 Å². The van der Waals surface area contributed by atoms with Gasteiger partial charge in [-0.2, -0.15) is 8.42 Å². The number of amides is 9. The molecule has 2 aliphatic rings. The predicted molar refractivity (Wildman–Crippen MR) is 492 cm³/mol. The first-order valence-corrected chi connectivity index (χ1v) is 42.2. The van der Waals surface area contributed by atoms with Crippen LogP contribution in [0.3, 0.4) is 0 Å². The van der Waals surface area contributed by atoms with Crippen LogP contribution in [0, 0.1) is 23.3 Å². The van der Waals surface area contributed by atoms with Crippen LogP contribution in [0.25, 0.3) is 54.5 Å². The largest absolute Gasteiger partial charge is 0.496 e. The number of nitrogens with two attached hydrogens (primary N) is 7. The zero-order valence-corrected chi connectivity index (χ0v) is 74.6. The van der Waals surface area contributed by atoms with E-state index in [9.17, 15) is 59.5 Å². The maximum Gasteiger partial charge on any atom is 0.319 e. The van der Waals surface area contributed by atoms with Crippen molar-refractivity contribution < 1.29 is 107 Å². The predicted octanol–water partition coefficient (Wildman–Crippen LogP) is 16.9. The molecule has 14 aromatic rings. The maximum atomic E-state index is 14.9. The zero-order chi connectivity index (χ0) is 96.7. The average molecular weight is 1950 g/mol. The van der Waals surface area contributed by atoms with E-state index >= 15 is 0 Å². The normalized spacial score (nSPS) is 11.8. The van der Waals surface area contributed by atoms with Gasteiger partial charge in [0.05, 0.1) is 125 Å². The third-order valence-electron chi connectivity index (χ3n) is 18.9. The Hall–Kier alpha value is -15.2. The molecule has 35 nitrogen and oxygen atoms in total. The van der Waals surface area contributed by atoms with Gasteiger partial charge in [0.25, 0.3) is 39.7 Å². The van der Waals surface area contributed by atoms with Crippen LogP contribution in [0.4, 0.5) is 49.9 Å². The van der Waals surface area contributed by atoms with E-state index in [1.165, 1.54) is 170 Å². The molecule has 0 atom stereocenters. The van der Waals surface area contributed by atoms with Crippen molar-refractivity contribution in [3.8, 4) is 74.7 Å². The molecular formula is C88H75Cl5F4N16O19S. The van der Waals surface area contributed by atoms with Crippen LogP contribution in [0.15, 0.2) is 171 Å². The number of nitrogens with one attached hydrogen (secondary N) is 4. The summed E-state index contributed by atoms with van der Waals surface area (Å²) < 4.78 is 132. The lowest BCUT2D eigenvalue weighted by Gasteiger charge is -2.14. The molecule has 2 saturated carbocycles. The summed E-state index contributed by atoms with van der Waals surface area (Å²) in [5.41, 5.74) is 41.8. The van der Waals surface area contributed by atoms with Gasteiger partial charge in [0.15, 0.2) is 46.3 Å². The van der Waals surface area contributed by atoms with Crippen LogP contribution >= 0.6 is 58.0 Å². The second-order valence-corrected chi connectivity index (χ2v) is 31.5. The minimum absolute atomic E-state index is 0.104. The molecule has 45 heteroatoms. The molecule has 5 heterocycles. The molecule has 9 aromatic carbocycles. The van der Waals surface area contributed by atoms with Gasteiger partial charge in [-0.1, -0.05) is 58.0 Å². The summed E-state index contributed by atoms with van der Waals surface area (Å²) in [6, 6.07) is 33.6. The first-order valence-electron chi connectivity index (χ1n) is 38.4. The standard InChI is InChI=1S/2C21H18ClFN4O4.2C17H13ClFN3O3.C11H9ClN2O2.CH4O3S/c2*1-30-17-9-14-11(8-12(17)20(24)28)15(6-7-25-14)31-16-5-4-13(18(22)19(16)23)27-21(29)26-10-2-3-10;2*1-24-14-7-11-8(6-9(14)17(21)23)12(4-5-22-11)25-13-3-2-10(20)15(18)16(13)19;1-16-10-5-9-6(4-7(10)11(13)15)8(12)2-3-14-9;1-5(2,3)4/h2*4-10H,2-3H2,1H3,(H2,24,28)(H2,26,27,29);2*2-7H,20H2,1H3,(H2,21,23);2-5H,1H3,(H2,13,15);1H3,(H,2,3,4). The minimum Gasteiger partial charge on any atom is -0.496 e. The Morgan fingerprint density at radius 1 is 0.346 bits per heavy atom. The molecule has 16 rings (SSSR count). The van der Waals surface area contributed by atoms with Crippen molar-refractivity contribution in [2.24, 2.45) is 28.7 Å². The van der Waals surface area contributed by atoms with E-state index in [-0.39, 0.29) is 146 Å². The summed E-state index contributed by atoms with van der Waals surface area (Å²) >= 11 is 29.8. The van der Waals surface area contributed by atoms with E-state index in [1.54, 1.807) is 36.5 Å². The molecule has 133 heavy (non-hydrogen) atoms. The quantitative estimate of drug-likeness (QED) is 0.0170. The van der Waals surface area contributed by atoms with Gasteiger partial charge in [-0.05, 0) is 135 Å². The van der Waals surface area contributed by atoms with Crippen molar-refractivity contribution in [2.75, 3.05) is 63.9 Å². The van der Waals surface area contributed by atoms with Gasteiger partial charge in [-0.3, -0.25) is 53.4 Å². The summed E-state index contributed by atoms with van der Waals surface area (Å²) in [7, 11) is 3.45. The molecule has 0 spiro atoms. The number of fused-ring (bicyclic) bond motifs is 5. The van der Waals surface area contributed by atoms with Gasteiger partial charge in [0, 0.05) is 100 Å². The number of nitrogen functional groups attached to an aromatic ring is 2. The number of carbonyl (C=O) groups excluding carboxylic acids is 7. The number of urea groups is 2. The van der Waals surface area contributed by atoms with Crippen LogP contribution in [0.5, 0.6) is 74.7 Å². The molecule has 2 aliphatic carbocycles. The highest BCUT2D eigenvalue weighted by Crippen LogP contribution is 2.44. The van der Waals surface area contributed by atoms with Crippen molar-refractivity contribution in [3.05, 3.63) is 247 Å². The van der Waals surface area contributed by atoms with E-state index in [2.05, 4.69) is 46.2 Å². The topological polar surface area (TPSA) is 552 Å². The second kappa shape index (κ2) is 43.0. The number of rotatable bonds is 22. The highest BCUT2D eigenvalue weighted by atomic mass is 35.5. The minimum atomic E-state index is -3.67. The van der Waals surface area contributed by atoms with Crippen molar-refractivity contribution >= 4 is 187 Å². The summed E-state index contributed by atoms with van der Waals surface area (Å²) in [5.74, 6) is -4.58. The van der Waals surface area contributed by atoms with Gasteiger partial charge < -0.3 is 104 Å². The number of halogens is 9. The summed E-state index contributed by atoms with van der Waals surface area (Å²) in [5, 5.41) is 12.5. The van der Waals surface area contributed by atoms with Crippen LogP contribution in [-0.4, -0.2) is 133 Å². The Morgan fingerprint density at radius 3 is 0.812 bits per heavy atom. The number of aromatic nitrogens is 5. The highest BCUT2D eigenvalue weighted by molar-refractivity contribution is 7.85. The van der Waals surface area contributed by atoms with Crippen LogP contribution in [0.1, 0.15) is 77.5 Å². The Morgan fingerprint density at radius 2 is 0.571 bits per heavy atom. The summed E-state index contributed by atoms with van der Waals surface area (Å²) in [4.78, 5) is 103. The van der Waals surface area contributed by atoms with Gasteiger partial charge in [0.1, 0.15) is 71.8 Å². The molecule has 0 unspecified atom stereocenters. The van der Waals surface area contributed by atoms with Crippen molar-refractivity contribution in [2.45, 2.75) is 37.8 Å². The van der Waals surface area contributed by atoms with Crippen LogP contribution in [0.2, 0.25) is 25.1 Å². The van der Waals surface area contributed by atoms with Gasteiger partial charge >= 0.3 is 12.1 Å². The number of pyridine rings is 5. The molecule has 0 aliphatic heterocycles. The molecule has 5 aromatic heterocycles. The molecule has 2 fully saturated rings. The molecule has 0 radical (unpaired) electrons. The first kappa shape index (κ1) is 98.4. The third kappa shape index (κ3) is 24.5. The number of hydrogen-bond acceptors (Lipinski definition) is 25. The monoisotopic (exact) mass is 1940 g/mol. The SMILES string of the molecule is COc1cc2nccc(Cl)c2cc1C(N)=O.COc1cc2nccc(Oc3ccc(N)c(Cl)c3F)c2cc1C(N)=O.COc1cc2nccc(Oc3ccc(N)c(Cl)c3F)c2cc1C(N)=O.COc1cc2nccc(Oc3ccc(NC(=O)NC4CC4)c(Cl)c3F)c2cc1C(N)=O.COc1cc2nccc(Oc3ccc(NC(=O)NC4CC4)c(Cl)c3F)c2cc1C(N)=O.CS(=O)(=O)O. The number of primary amides is 5. The van der Waals surface area contributed by atoms with Gasteiger partial charge in [-0.25, -0.2) is 27.2 Å². The fourth-order valence-corrected chi connectivity index (χ4v) is 13.1. The summed E-state index contributed by atoms with van der Waals surface area (Å²) in [6.07, 6.45) is 11.9. The molecule has 0 saturated heterocycles. The second-order valence-electron chi connectivity index (χ2n) is 28.1. The van der Waals surface area contributed by atoms with Gasteiger partial charge in [-0.15, -0.1) is 0 Å². The maximum absolute atomic E-state index is 14.9. The van der Waals surface area contributed by atoms with E-state index in [1.807, 2.05) is 0 Å². The van der Waals surface area contributed by atoms with Crippen LogP contribution in [-0.2, 0) is 10.1 Å². The Balaban J connectivity index is 0.000000160. The molecular weight excluding hydrogens is 1870 g/mol. The molecule has 19 N–H and O–H groups in total. The first-order chi connectivity index (χ1) is 63.2. The van der Waals surface area contributed by atoms with Crippen molar-refractivity contribution in [1.82, 2.24) is 35.6 Å². The van der Waals surface area contributed by atoms with E-state index in [4.69, 9.17) is 145 Å². The number of ether oxygens (including phenoxy) is 9. The zero-order valence-electron chi connectivity index (χ0n) is 70.0. The Kier molecular flexibility index (Phi) is 31.8. The smallest absolute Gasteiger partial charge is 0.319 e. The fraction of sp³-hybridized carbons (Fsp3) is 0.136. The van der Waals surface area contributed by atoms with E-state index < -0.39 is 75.0 Å². The third-order valence-corrected chi connectivity index (χ3v) is 20.7. The van der Waals surface area contributed by atoms with Crippen LogP contribution < -0.4 is 104 Å². The Bertz CT molecular complexity index is 6730. The highest BCUT2D eigenvalue weighted by Gasteiger charge is 2.28. The van der Waals surface area contributed by atoms with E-state index in [0.29, 0.717) is 77.1 Å². The Labute approximate surface area is 776 Å². The molecule has 9 amide bonds. The lowest BCUT2D eigenvalue weighted by Crippen LogP contribution is -2.30. The molecule has 0 bridgehead atoms. The fourth-order valence-electron chi connectivity index (χ4n) is 12.2.